The normalized spacial score (nSPS) is 10.4. The average molecular weight is 270 g/mol. The summed E-state index contributed by atoms with van der Waals surface area (Å²) in [5, 5.41) is 12.5. The molecule has 0 aliphatic heterocycles. The van der Waals surface area contributed by atoms with Crippen molar-refractivity contribution in [3.8, 4) is 0 Å². The molecule has 4 nitrogen and oxygen atoms in total. The lowest BCUT2D eigenvalue weighted by Crippen LogP contribution is -2.08. The molecule has 2 rings (SSSR count). The maximum absolute atomic E-state index is 11.4. The monoisotopic (exact) mass is 270 g/mol. The van der Waals surface area contributed by atoms with Crippen LogP contribution in [0.15, 0.2) is 24.3 Å². The fraction of sp³-hybridized carbons (Fsp3) is 0.250. The highest BCUT2D eigenvalue weighted by atomic mass is 16.4. The Morgan fingerprint density at radius 2 is 1.65 bits per heavy atom. The molecular weight excluding hydrogens is 252 g/mol. The summed E-state index contributed by atoms with van der Waals surface area (Å²) in [6, 6.07) is 7.78. The quantitative estimate of drug-likeness (QED) is 0.891. The largest absolute Gasteiger partial charge is 0.478 e. The van der Waals surface area contributed by atoms with E-state index in [0.29, 0.717) is 11.4 Å². The predicted octanol–water partition coefficient (Wildman–Crippen LogP) is 3.76. The number of carboxylic acids is 1. The number of anilines is 2. The van der Waals surface area contributed by atoms with E-state index in [2.05, 4.69) is 16.4 Å². The van der Waals surface area contributed by atoms with E-state index in [9.17, 15) is 9.90 Å². The molecule has 0 aliphatic carbocycles. The van der Waals surface area contributed by atoms with Crippen molar-refractivity contribution in [3.05, 3.63) is 52.2 Å². The molecule has 1 heterocycles. The Kier molecular flexibility index (Phi) is 3.74. The Morgan fingerprint density at radius 3 is 2.20 bits per heavy atom. The number of aromatic nitrogens is 1. The molecule has 0 atom stereocenters. The van der Waals surface area contributed by atoms with Crippen molar-refractivity contribution in [2.45, 2.75) is 27.7 Å². The first kappa shape index (κ1) is 14.1. The Morgan fingerprint density at radius 1 is 1.05 bits per heavy atom. The summed E-state index contributed by atoms with van der Waals surface area (Å²) in [5.74, 6) is -0.582. The number of nitrogens with one attached hydrogen (secondary N) is 1. The second-order valence-corrected chi connectivity index (χ2v) is 5.11. The highest BCUT2D eigenvalue weighted by Gasteiger charge is 2.16. The molecular formula is C16H18N2O2. The van der Waals surface area contributed by atoms with Gasteiger partial charge in [-0.1, -0.05) is 6.07 Å². The number of aromatic carboxylic acids is 1. The van der Waals surface area contributed by atoms with Crippen molar-refractivity contribution in [2.75, 3.05) is 5.32 Å². The van der Waals surface area contributed by atoms with Gasteiger partial charge in [0.1, 0.15) is 11.4 Å². The van der Waals surface area contributed by atoms with E-state index >= 15 is 0 Å². The molecule has 20 heavy (non-hydrogen) atoms. The maximum Gasteiger partial charge on any atom is 0.339 e. The molecule has 0 fully saturated rings. The molecule has 0 unspecified atom stereocenters. The van der Waals surface area contributed by atoms with Crippen LogP contribution in [-0.2, 0) is 0 Å². The third-order valence-corrected chi connectivity index (χ3v) is 3.04. The number of benzene rings is 1. The predicted molar refractivity (Wildman–Crippen MR) is 79.9 cm³/mol. The zero-order chi connectivity index (χ0) is 14.9. The topological polar surface area (TPSA) is 62.2 Å². The highest BCUT2D eigenvalue weighted by Crippen LogP contribution is 2.24. The van der Waals surface area contributed by atoms with Crippen LogP contribution in [0.5, 0.6) is 0 Å². The number of aryl methyl sites for hydroxylation is 4. The van der Waals surface area contributed by atoms with E-state index in [0.717, 1.165) is 22.5 Å². The molecule has 2 aromatic rings. The molecule has 0 spiro atoms. The number of hydrogen-bond acceptors (Lipinski definition) is 3. The number of nitrogens with zero attached hydrogens (tertiary/aromatic N) is 1. The average Bonchev–Trinajstić information content (AvgIpc) is 2.25. The summed E-state index contributed by atoms with van der Waals surface area (Å²) >= 11 is 0. The lowest BCUT2D eigenvalue weighted by molar-refractivity contribution is 0.0697. The van der Waals surface area contributed by atoms with Gasteiger partial charge in [-0.2, -0.15) is 0 Å². The first-order valence-corrected chi connectivity index (χ1v) is 6.43. The van der Waals surface area contributed by atoms with E-state index in [1.54, 1.807) is 13.0 Å². The van der Waals surface area contributed by atoms with Gasteiger partial charge in [0.15, 0.2) is 0 Å². The second kappa shape index (κ2) is 5.33. The van der Waals surface area contributed by atoms with Crippen molar-refractivity contribution in [1.29, 1.82) is 0 Å². The highest BCUT2D eigenvalue weighted by molar-refractivity contribution is 5.95. The summed E-state index contributed by atoms with van der Waals surface area (Å²) in [6.07, 6.45) is 0. The van der Waals surface area contributed by atoms with Gasteiger partial charge in [0.25, 0.3) is 0 Å². The van der Waals surface area contributed by atoms with Crippen LogP contribution in [0.3, 0.4) is 0 Å². The minimum Gasteiger partial charge on any atom is -0.478 e. The minimum atomic E-state index is -0.970. The molecule has 0 saturated carbocycles. The Balaban J connectivity index is 2.49. The van der Waals surface area contributed by atoms with Gasteiger partial charge in [-0.3, -0.25) is 0 Å². The molecule has 0 aliphatic rings. The number of hydrogen-bond donors (Lipinski definition) is 2. The first-order valence-electron chi connectivity index (χ1n) is 6.43. The standard InChI is InChI=1S/C16H18N2O2/c1-9-5-10(2)7-13(6-9)18-15-14(16(19)20)11(3)8-12(4)17-15/h5-8H,1-4H3,(H,17,18)(H,19,20). The van der Waals surface area contributed by atoms with Crippen LogP contribution in [0.2, 0.25) is 0 Å². The van der Waals surface area contributed by atoms with Gasteiger partial charge in [-0.15, -0.1) is 0 Å². The lowest BCUT2D eigenvalue weighted by Gasteiger charge is -2.13. The third-order valence-electron chi connectivity index (χ3n) is 3.04. The van der Waals surface area contributed by atoms with Crippen LogP contribution in [0.4, 0.5) is 11.5 Å². The molecule has 4 heteroatoms. The van der Waals surface area contributed by atoms with Crippen LogP contribution in [0.25, 0.3) is 0 Å². The second-order valence-electron chi connectivity index (χ2n) is 5.11. The molecule has 0 amide bonds. The summed E-state index contributed by atoms with van der Waals surface area (Å²) in [4.78, 5) is 15.7. The van der Waals surface area contributed by atoms with E-state index in [-0.39, 0.29) is 5.56 Å². The molecule has 2 N–H and O–H groups in total. The van der Waals surface area contributed by atoms with E-state index in [1.807, 2.05) is 32.9 Å². The number of rotatable bonds is 3. The number of carboxylic acid groups (broad SMARTS) is 1. The summed E-state index contributed by atoms with van der Waals surface area (Å²) in [5.41, 5.74) is 4.80. The van der Waals surface area contributed by atoms with Crippen molar-refractivity contribution >= 4 is 17.5 Å². The Bertz CT molecular complexity index is 658. The zero-order valence-electron chi connectivity index (χ0n) is 12.1. The van der Waals surface area contributed by atoms with Crippen molar-refractivity contribution in [2.24, 2.45) is 0 Å². The van der Waals surface area contributed by atoms with Crippen LogP contribution < -0.4 is 5.32 Å². The summed E-state index contributed by atoms with van der Waals surface area (Å²) in [6.45, 7) is 7.65. The molecule has 1 aromatic carbocycles. The number of carbonyl (C=O) groups is 1. The molecule has 0 bridgehead atoms. The Hall–Kier alpha value is -2.36. The molecule has 0 radical (unpaired) electrons. The van der Waals surface area contributed by atoms with Gasteiger partial charge in [-0.05, 0) is 62.6 Å². The van der Waals surface area contributed by atoms with Gasteiger partial charge in [0.05, 0.1) is 0 Å². The van der Waals surface area contributed by atoms with Crippen LogP contribution in [0, 0.1) is 27.7 Å². The summed E-state index contributed by atoms with van der Waals surface area (Å²) in [7, 11) is 0. The van der Waals surface area contributed by atoms with Gasteiger partial charge in [-0.25, -0.2) is 9.78 Å². The SMILES string of the molecule is Cc1cc(C)cc(Nc2nc(C)cc(C)c2C(=O)O)c1. The van der Waals surface area contributed by atoms with Crippen LogP contribution in [-0.4, -0.2) is 16.1 Å². The third kappa shape index (κ3) is 2.96. The van der Waals surface area contributed by atoms with E-state index in [1.165, 1.54) is 0 Å². The fourth-order valence-electron chi connectivity index (χ4n) is 2.38. The van der Waals surface area contributed by atoms with Crippen LogP contribution >= 0.6 is 0 Å². The molecule has 1 aromatic heterocycles. The van der Waals surface area contributed by atoms with Crippen LogP contribution in [0.1, 0.15) is 32.7 Å². The number of pyridine rings is 1. The van der Waals surface area contributed by atoms with Crippen molar-refractivity contribution in [1.82, 2.24) is 4.98 Å². The zero-order valence-corrected chi connectivity index (χ0v) is 12.1. The molecule has 104 valence electrons. The first-order chi connectivity index (χ1) is 9.36. The van der Waals surface area contributed by atoms with Crippen molar-refractivity contribution < 1.29 is 9.90 Å². The van der Waals surface area contributed by atoms with Gasteiger partial charge < -0.3 is 10.4 Å². The Labute approximate surface area is 118 Å². The minimum absolute atomic E-state index is 0.217. The molecule has 0 saturated heterocycles. The maximum atomic E-state index is 11.4. The van der Waals surface area contributed by atoms with E-state index in [4.69, 9.17) is 0 Å². The van der Waals surface area contributed by atoms with Gasteiger partial charge in [0.2, 0.25) is 0 Å². The van der Waals surface area contributed by atoms with Crippen molar-refractivity contribution in [3.63, 3.8) is 0 Å². The van der Waals surface area contributed by atoms with E-state index < -0.39 is 5.97 Å². The van der Waals surface area contributed by atoms with Gasteiger partial charge >= 0.3 is 5.97 Å². The summed E-state index contributed by atoms with van der Waals surface area (Å²) < 4.78 is 0. The lowest BCUT2D eigenvalue weighted by atomic mass is 10.1. The van der Waals surface area contributed by atoms with Gasteiger partial charge in [0, 0.05) is 11.4 Å². The fourth-order valence-corrected chi connectivity index (χ4v) is 2.38. The smallest absolute Gasteiger partial charge is 0.339 e.